The summed E-state index contributed by atoms with van der Waals surface area (Å²) in [6, 6.07) is 0. The zero-order valence-electron chi connectivity index (χ0n) is 8.03. The molecule has 0 radical (unpaired) electrons. The summed E-state index contributed by atoms with van der Waals surface area (Å²) >= 11 is 1.09. The summed E-state index contributed by atoms with van der Waals surface area (Å²) in [6.07, 6.45) is 3.63. The third-order valence-corrected chi connectivity index (χ3v) is 2.93. The number of carbonyl (C=O) groups excluding carboxylic acids is 2. The van der Waals surface area contributed by atoms with Crippen LogP contribution in [0, 0.1) is 0 Å². The molecule has 0 unspecified atom stereocenters. The fraction of sp³-hybridized carbons (Fsp3) is 0.556. The first-order valence-corrected chi connectivity index (χ1v) is 4.97. The van der Waals surface area contributed by atoms with E-state index in [1.54, 1.807) is 19.9 Å². The van der Waals surface area contributed by atoms with Gasteiger partial charge in [-0.2, -0.15) is 0 Å². The molecule has 0 spiro atoms. The van der Waals surface area contributed by atoms with Crippen LogP contribution in [0.3, 0.4) is 0 Å². The standard InChI is InChI=1S/C9H13NO2S/c1-4-5-6-10-7(11)9(2,3)13-8(10)12/h4-5H,6H2,1-3H3. The number of nitrogens with zero attached hydrogens (tertiary/aromatic N) is 1. The zero-order chi connectivity index (χ0) is 10.1. The van der Waals surface area contributed by atoms with Crippen molar-refractivity contribution in [1.82, 2.24) is 4.90 Å². The Hall–Kier alpha value is -0.770. The minimum absolute atomic E-state index is 0.0967. The summed E-state index contributed by atoms with van der Waals surface area (Å²) in [4.78, 5) is 24.2. The highest BCUT2D eigenvalue weighted by Gasteiger charge is 2.45. The summed E-state index contributed by atoms with van der Waals surface area (Å²) in [6.45, 7) is 5.80. The van der Waals surface area contributed by atoms with Gasteiger partial charge in [-0.1, -0.05) is 12.2 Å². The van der Waals surface area contributed by atoms with Crippen LogP contribution < -0.4 is 0 Å². The Morgan fingerprint density at radius 1 is 1.46 bits per heavy atom. The fourth-order valence-corrected chi connectivity index (χ4v) is 1.99. The molecule has 1 saturated heterocycles. The van der Waals surface area contributed by atoms with Gasteiger partial charge in [0.2, 0.25) is 5.91 Å². The highest BCUT2D eigenvalue weighted by atomic mass is 32.2. The number of amides is 2. The van der Waals surface area contributed by atoms with Gasteiger partial charge in [0.05, 0.1) is 4.75 Å². The Bertz CT molecular complexity index is 271. The van der Waals surface area contributed by atoms with E-state index in [1.807, 2.05) is 13.0 Å². The molecule has 0 aromatic rings. The lowest BCUT2D eigenvalue weighted by atomic mass is 10.2. The molecular weight excluding hydrogens is 186 g/mol. The smallest absolute Gasteiger partial charge is 0.273 e. The number of imide groups is 1. The number of rotatable bonds is 2. The van der Waals surface area contributed by atoms with Gasteiger partial charge in [0.25, 0.3) is 5.24 Å². The van der Waals surface area contributed by atoms with Crippen molar-refractivity contribution in [1.29, 1.82) is 0 Å². The van der Waals surface area contributed by atoms with E-state index in [0.29, 0.717) is 6.54 Å². The SMILES string of the molecule is CC=CCN1C(=O)SC(C)(C)C1=O. The van der Waals surface area contributed by atoms with E-state index in [9.17, 15) is 9.59 Å². The second-order valence-corrected chi connectivity index (χ2v) is 4.94. The van der Waals surface area contributed by atoms with Crippen molar-refractivity contribution < 1.29 is 9.59 Å². The van der Waals surface area contributed by atoms with Crippen LogP contribution in [0.25, 0.3) is 0 Å². The second kappa shape index (κ2) is 3.54. The third-order valence-electron chi connectivity index (χ3n) is 1.85. The van der Waals surface area contributed by atoms with Gasteiger partial charge in [-0.05, 0) is 32.5 Å². The molecule has 2 amide bonds. The van der Waals surface area contributed by atoms with Crippen LogP contribution >= 0.6 is 11.8 Å². The summed E-state index contributed by atoms with van der Waals surface area (Å²) in [5.74, 6) is -0.0967. The maximum atomic E-state index is 11.6. The first-order valence-electron chi connectivity index (χ1n) is 4.15. The molecule has 3 nitrogen and oxygen atoms in total. The van der Waals surface area contributed by atoms with Crippen molar-refractivity contribution in [2.24, 2.45) is 0 Å². The van der Waals surface area contributed by atoms with Crippen LogP contribution in [0.15, 0.2) is 12.2 Å². The van der Waals surface area contributed by atoms with E-state index < -0.39 is 4.75 Å². The minimum Gasteiger partial charge on any atom is -0.273 e. The first-order chi connectivity index (χ1) is 5.99. The van der Waals surface area contributed by atoms with Crippen molar-refractivity contribution in [3.8, 4) is 0 Å². The molecule has 1 aliphatic rings. The van der Waals surface area contributed by atoms with Crippen LogP contribution in [0.2, 0.25) is 0 Å². The van der Waals surface area contributed by atoms with Gasteiger partial charge in [0.1, 0.15) is 0 Å². The highest BCUT2D eigenvalue weighted by molar-refractivity contribution is 8.16. The Morgan fingerprint density at radius 3 is 2.46 bits per heavy atom. The molecule has 1 aliphatic heterocycles. The molecule has 13 heavy (non-hydrogen) atoms. The Kier molecular flexibility index (Phi) is 2.81. The molecule has 0 N–H and O–H groups in total. The van der Waals surface area contributed by atoms with Crippen LogP contribution in [-0.2, 0) is 4.79 Å². The van der Waals surface area contributed by atoms with E-state index in [2.05, 4.69) is 0 Å². The topological polar surface area (TPSA) is 37.4 Å². The van der Waals surface area contributed by atoms with Crippen molar-refractivity contribution >= 4 is 22.9 Å². The quantitative estimate of drug-likeness (QED) is 0.639. The van der Waals surface area contributed by atoms with Gasteiger partial charge in [-0.3, -0.25) is 14.5 Å². The average molecular weight is 199 g/mol. The van der Waals surface area contributed by atoms with Gasteiger partial charge < -0.3 is 0 Å². The summed E-state index contributed by atoms with van der Waals surface area (Å²) in [5, 5.41) is -0.145. The van der Waals surface area contributed by atoms with E-state index >= 15 is 0 Å². The number of allylic oxidation sites excluding steroid dienone is 1. The molecular formula is C9H13NO2S. The third kappa shape index (κ3) is 1.94. The van der Waals surface area contributed by atoms with Gasteiger partial charge >= 0.3 is 0 Å². The van der Waals surface area contributed by atoms with Crippen molar-refractivity contribution in [2.75, 3.05) is 6.54 Å². The van der Waals surface area contributed by atoms with Gasteiger partial charge in [-0.15, -0.1) is 0 Å². The van der Waals surface area contributed by atoms with Crippen LogP contribution in [0.5, 0.6) is 0 Å². The number of hydrogen-bond acceptors (Lipinski definition) is 3. The number of carbonyl (C=O) groups is 2. The largest absolute Gasteiger partial charge is 0.289 e. The van der Waals surface area contributed by atoms with E-state index in [0.717, 1.165) is 11.8 Å². The fourth-order valence-electron chi connectivity index (χ4n) is 1.09. The molecule has 1 heterocycles. The lowest BCUT2D eigenvalue weighted by Crippen LogP contribution is -2.35. The van der Waals surface area contributed by atoms with Crippen molar-refractivity contribution in [3.63, 3.8) is 0 Å². The molecule has 0 aromatic carbocycles. The number of hydrogen-bond donors (Lipinski definition) is 0. The van der Waals surface area contributed by atoms with E-state index in [-0.39, 0.29) is 11.1 Å². The maximum absolute atomic E-state index is 11.6. The summed E-state index contributed by atoms with van der Waals surface area (Å²) in [7, 11) is 0. The maximum Gasteiger partial charge on any atom is 0.289 e. The van der Waals surface area contributed by atoms with Crippen LogP contribution in [0.4, 0.5) is 4.79 Å². The van der Waals surface area contributed by atoms with Gasteiger partial charge in [0, 0.05) is 6.54 Å². The molecule has 4 heteroatoms. The highest BCUT2D eigenvalue weighted by Crippen LogP contribution is 2.36. The number of thioether (sulfide) groups is 1. The van der Waals surface area contributed by atoms with E-state index in [1.165, 1.54) is 4.90 Å². The minimum atomic E-state index is -0.585. The Morgan fingerprint density at radius 2 is 2.08 bits per heavy atom. The Balaban J connectivity index is 2.77. The summed E-state index contributed by atoms with van der Waals surface area (Å²) < 4.78 is -0.585. The molecule has 0 atom stereocenters. The van der Waals surface area contributed by atoms with Gasteiger partial charge in [0.15, 0.2) is 0 Å². The second-order valence-electron chi connectivity index (χ2n) is 3.36. The van der Waals surface area contributed by atoms with Crippen LogP contribution in [0.1, 0.15) is 20.8 Å². The molecule has 0 saturated carbocycles. The molecule has 72 valence electrons. The molecule has 0 bridgehead atoms. The lowest BCUT2D eigenvalue weighted by molar-refractivity contribution is -0.128. The predicted octanol–water partition coefficient (Wildman–Crippen LogP) is 2.04. The van der Waals surface area contributed by atoms with Gasteiger partial charge in [-0.25, -0.2) is 0 Å². The summed E-state index contributed by atoms with van der Waals surface area (Å²) in [5.41, 5.74) is 0. The Labute approximate surface area is 82.2 Å². The average Bonchev–Trinajstić information content (AvgIpc) is 2.21. The van der Waals surface area contributed by atoms with Crippen LogP contribution in [-0.4, -0.2) is 27.3 Å². The monoisotopic (exact) mass is 199 g/mol. The first kappa shape index (κ1) is 10.3. The van der Waals surface area contributed by atoms with E-state index in [4.69, 9.17) is 0 Å². The lowest BCUT2D eigenvalue weighted by Gasteiger charge is -2.14. The normalized spacial score (nSPS) is 21.9. The van der Waals surface area contributed by atoms with Crippen molar-refractivity contribution in [2.45, 2.75) is 25.5 Å². The zero-order valence-corrected chi connectivity index (χ0v) is 8.85. The predicted molar refractivity (Wildman–Crippen MR) is 53.6 cm³/mol. The van der Waals surface area contributed by atoms with Crippen molar-refractivity contribution in [3.05, 3.63) is 12.2 Å². The molecule has 0 aliphatic carbocycles. The molecule has 1 rings (SSSR count). The molecule has 0 aromatic heterocycles. The molecule has 1 fully saturated rings.